The van der Waals surface area contributed by atoms with Crippen molar-refractivity contribution in [3.63, 3.8) is 0 Å². The van der Waals surface area contributed by atoms with E-state index in [4.69, 9.17) is 10.8 Å². The Labute approximate surface area is 142 Å². The molecular formula is C18H15BrN2S. The van der Waals surface area contributed by atoms with Crippen LogP contribution < -0.4 is 0 Å². The number of hydrogen-bond acceptors (Lipinski definition) is 3. The van der Waals surface area contributed by atoms with Gasteiger partial charge in [-0.3, -0.25) is 5.41 Å². The molecule has 2 N–H and O–H groups in total. The Hall–Kier alpha value is -2.04. The highest BCUT2D eigenvalue weighted by molar-refractivity contribution is 9.10. The molecule has 0 fully saturated rings. The molecule has 110 valence electrons. The topological polar surface area (TPSA) is 47.7 Å². The molecule has 1 heterocycles. The summed E-state index contributed by atoms with van der Waals surface area (Å²) >= 11 is 4.85. The molecule has 4 heteroatoms. The third kappa shape index (κ3) is 4.48. The lowest BCUT2D eigenvalue weighted by molar-refractivity contribution is 1.46. The molecule has 0 aliphatic carbocycles. The lowest BCUT2D eigenvalue weighted by atomic mass is 10.0. The molecule has 0 atom stereocenters. The Bertz CT molecular complexity index is 695. The Morgan fingerprint density at radius 1 is 0.864 bits per heavy atom. The third-order valence-corrected chi connectivity index (χ3v) is 4.72. The fourth-order valence-electron chi connectivity index (χ4n) is 1.78. The van der Waals surface area contributed by atoms with Crippen molar-refractivity contribution in [1.82, 2.24) is 0 Å². The van der Waals surface area contributed by atoms with Gasteiger partial charge in [0.15, 0.2) is 0 Å². The molecular weight excluding hydrogens is 356 g/mol. The van der Waals surface area contributed by atoms with Crippen LogP contribution in [0.4, 0.5) is 0 Å². The van der Waals surface area contributed by atoms with Gasteiger partial charge in [0.1, 0.15) is 0 Å². The van der Waals surface area contributed by atoms with Gasteiger partial charge in [-0.25, -0.2) is 0 Å². The third-order valence-electron chi connectivity index (χ3n) is 2.90. The first-order valence-electron chi connectivity index (χ1n) is 6.65. The van der Waals surface area contributed by atoms with E-state index in [9.17, 15) is 0 Å². The molecule has 0 radical (unpaired) electrons. The van der Waals surface area contributed by atoms with Gasteiger partial charge in [0.25, 0.3) is 0 Å². The van der Waals surface area contributed by atoms with E-state index in [0.717, 1.165) is 20.5 Å². The first kappa shape index (κ1) is 16.3. The lowest BCUT2D eigenvalue weighted by Crippen LogP contribution is -1.99. The Balaban J connectivity index is 0.000000188. The summed E-state index contributed by atoms with van der Waals surface area (Å²) in [6, 6.07) is 21.5. The number of hydrogen-bond donors (Lipinski definition) is 2. The van der Waals surface area contributed by atoms with Gasteiger partial charge in [-0.15, -0.1) is 11.3 Å². The van der Waals surface area contributed by atoms with E-state index < -0.39 is 0 Å². The minimum Gasteiger partial charge on any atom is -0.307 e. The molecule has 0 aliphatic rings. The molecule has 2 nitrogen and oxygen atoms in total. The van der Waals surface area contributed by atoms with Crippen molar-refractivity contribution in [2.75, 3.05) is 0 Å². The summed E-state index contributed by atoms with van der Waals surface area (Å²) in [5.41, 5.74) is 2.49. The van der Waals surface area contributed by atoms with Crippen LogP contribution in [0.5, 0.6) is 0 Å². The van der Waals surface area contributed by atoms with Crippen molar-refractivity contribution in [2.45, 2.75) is 0 Å². The van der Waals surface area contributed by atoms with Crippen LogP contribution in [0.2, 0.25) is 0 Å². The molecule has 0 saturated heterocycles. The zero-order valence-electron chi connectivity index (χ0n) is 11.8. The summed E-state index contributed by atoms with van der Waals surface area (Å²) in [5.74, 6) is 0. The summed E-state index contributed by atoms with van der Waals surface area (Å²) in [5, 5.41) is 16.8. The molecule has 1 aromatic heterocycles. The minimum atomic E-state index is 0.575. The van der Waals surface area contributed by atoms with Gasteiger partial charge < -0.3 is 5.41 Å². The molecule has 0 bridgehead atoms. The van der Waals surface area contributed by atoms with Crippen molar-refractivity contribution in [3.8, 4) is 0 Å². The Morgan fingerprint density at radius 2 is 1.36 bits per heavy atom. The summed E-state index contributed by atoms with van der Waals surface area (Å²) < 4.78 is 1.01. The summed E-state index contributed by atoms with van der Waals surface area (Å²) in [4.78, 5) is 0.977. The lowest BCUT2D eigenvalue weighted by Gasteiger charge is -2.02. The van der Waals surface area contributed by atoms with Gasteiger partial charge >= 0.3 is 0 Å². The molecule has 0 spiro atoms. The monoisotopic (exact) mass is 370 g/mol. The van der Waals surface area contributed by atoms with Gasteiger partial charge in [-0.1, -0.05) is 60.7 Å². The van der Waals surface area contributed by atoms with E-state index in [2.05, 4.69) is 15.9 Å². The van der Waals surface area contributed by atoms with E-state index in [1.54, 1.807) is 11.3 Å². The summed E-state index contributed by atoms with van der Waals surface area (Å²) in [6.07, 6.45) is 1.34. The first-order chi connectivity index (χ1) is 10.7. The van der Waals surface area contributed by atoms with Gasteiger partial charge in [-0.2, -0.15) is 0 Å². The minimum absolute atomic E-state index is 0.575. The molecule has 3 aromatic rings. The molecule has 3 rings (SSSR count). The Morgan fingerprint density at radius 3 is 1.68 bits per heavy atom. The average Bonchev–Trinajstić information content (AvgIpc) is 3.01. The predicted molar refractivity (Wildman–Crippen MR) is 98.7 cm³/mol. The fraction of sp³-hybridized carbons (Fsp3) is 0. The molecule has 2 aromatic carbocycles. The van der Waals surface area contributed by atoms with Crippen LogP contribution in [-0.2, 0) is 0 Å². The number of thiophene rings is 1. The number of nitrogens with one attached hydrogen (secondary N) is 2. The standard InChI is InChI=1S/C13H11N.C5H4BrNS/c14-13(11-7-3-1-4-8-11)12-9-5-2-6-10-12;6-4-1-2-8-5(4)3-7/h1-10,14H;1-3,7H. The van der Waals surface area contributed by atoms with E-state index in [1.807, 2.05) is 72.1 Å². The zero-order chi connectivity index (χ0) is 15.8. The highest BCUT2D eigenvalue weighted by Gasteiger charge is 2.01. The second-order valence-corrected chi connectivity index (χ2v) is 6.19. The van der Waals surface area contributed by atoms with Gasteiger partial charge in [0.05, 0.1) is 10.6 Å². The normalized spacial score (nSPS) is 9.50. The van der Waals surface area contributed by atoms with Crippen molar-refractivity contribution < 1.29 is 0 Å². The maximum absolute atomic E-state index is 7.97. The van der Waals surface area contributed by atoms with Crippen LogP contribution >= 0.6 is 27.3 Å². The highest BCUT2D eigenvalue weighted by Crippen LogP contribution is 2.19. The molecule has 22 heavy (non-hydrogen) atoms. The quantitative estimate of drug-likeness (QED) is 0.562. The molecule has 0 amide bonds. The maximum atomic E-state index is 7.97. The van der Waals surface area contributed by atoms with Crippen LogP contribution in [0.25, 0.3) is 0 Å². The van der Waals surface area contributed by atoms with E-state index in [-0.39, 0.29) is 0 Å². The van der Waals surface area contributed by atoms with Crippen molar-refractivity contribution in [3.05, 3.63) is 92.6 Å². The van der Waals surface area contributed by atoms with Crippen LogP contribution in [0, 0.1) is 10.8 Å². The van der Waals surface area contributed by atoms with Crippen molar-refractivity contribution in [2.24, 2.45) is 0 Å². The highest BCUT2D eigenvalue weighted by atomic mass is 79.9. The molecule has 0 saturated carbocycles. The zero-order valence-corrected chi connectivity index (χ0v) is 14.2. The smallest absolute Gasteiger partial charge is 0.0684 e. The Kier molecular flexibility index (Phi) is 6.25. The average molecular weight is 371 g/mol. The summed E-state index contributed by atoms with van der Waals surface area (Å²) in [6.45, 7) is 0. The van der Waals surface area contributed by atoms with Crippen molar-refractivity contribution in [1.29, 1.82) is 10.8 Å². The molecule has 0 aliphatic heterocycles. The van der Waals surface area contributed by atoms with Crippen molar-refractivity contribution >= 4 is 39.2 Å². The maximum Gasteiger partial charge on any atom is 0.0684 e. The largest absolute Gasteiger partial charge is 0.307 e. The van der Waals surface area contributed by atoms with Gasteiger partial charge in [0, 0.05) is 10.7 Å². The SMILES string of the molecule is N=C(c1ccccc1)c1ccccc1.N=Cc1sccc1Br. The predicted octanol–water partition coefficient (Wildman–Crippen LogP) is 5.61. The van der Waals surface area contributed by atoms with Crippen LogP contribution in [-0.4, -0.2) is 11.9 Å². The van der Waals surface area contributed by atoms with Crippen LogP contribution in [0.15, 0.2) is 76.6 Å². The van der Waals surface area contributed by atoms with Gasteiger partial charge in [0.2, 0.25) is 0 Å². The van der Waals surface area contributed by atoms with E-state index in [1.165, 1.54) is 6.21 Å². The second-order valence-electron chi connectivity index (χ2n) is 4.38. The van der Waals surface area contributed by atoms with Crippen LogP contribution in [0.1, 0.15) is 16.0 Å². The fourth-order valence-corrected chi connectivity index (χ4v) is 3.09. The van der Waals surface area contributed by atoms with Gasteiger partial charge in [-0.05, 0) is 38.5 Å². The number of benzene rings is 2. The van der Waals surface area contributed by atoms with Crippen LogP contribution in [0.3, 0.4) is 0 Å². The second kappa shape index (κ2) is 8.41. The summed E-state index contributed by atoms with van der Waals surface area (Å²) in [7, 11) is 0. The van der Waals surface area contributed by atoms with E-state index >= 15 is 0 Å². The first-order valence-corrected chi connectivity index (χ1v) is 8.32. The molecule has 0 unspecified atom stereocenters. The number of rotatable bonds is 3. The van der Waals surface area contributed by atoms with E-state index in [0.29, 0.717) is 5.71 Å². The number of halogens is 1.